The van der Waals surface area contributed by atoms with E-state index in [4.69, 9.17) is 10.5 Å². The van der Waals surface area contributed by atoms with Gasteiger partial charge in [-0.15, -0.1) is 0 Å². The molecule has 0 atom stereocenters. The molecule has 104 valence electrons. The number of carbonyl (C=O) groups excluding carboxylic acids is 1. The molecule has 0 unspecified atom stereocenters. The highest BCUT2D eigenvalue weighted by molar-refractivity contribution is 5.94. The van der Waals surface area contributed by atoms with Crippen LogP contribution < -0.4 is 15.8 Å². The number of para-hydroxylation sites is 1. The van der Waals surface area contributed by atoms with Gasteiger partial charge in [-0.1, -0.05) is 18.2 Å². The van der Waals surface area contributed by atoms with Crippen LogP contribution >= 0.6 is 0 Å². The summed E-state index contributed by atoms with van der Waals surface area (Å²) in [6.45, 7) is 1.15. The van der Waals surface area contributed by atoms with Gasteiger partial charge in [0.1, 0.15) is 5.75 Å². The van der Waals surface area contributed by atoms with Crippen molar-refractivity contribution >= 4 is 11.6 Å². The SMILES string of the molecule is Nc1ccc(C(=O)NCCCOc2ccccc2)cc1. The lowest BCUT2D eigenvalue weighted by Crippen LogP contribution is -2.25. The monoisotopic (exact) mass is 270 g/mol. The molecule has 4 nitrogen and oxygen atoms in total. The molecule has 1 amide bonds. The van der Waals surface area contributed by atoms with Crippen LogP contribution in [-0.2, 0) is 0 Å². The van der Waals surface area contributed by atoms with Gasteiger partial charge in [0.25, 0.3) is 5.91 Å². The van der Waals surface area contributed by atoms with Crippen LogP contribution in [0.5, 0.6) is 5.75 Å². The molecule has 4 heteroatoms. The largest absolute Gasteiger partial charge is 0.494 e. The minimum atomic E-state index is -0.0929. The lowest BCUT2D eigenvalue weighted by molar-refractivity contribution is 0.0951. The minimum absolute atomic E-state index is 0.0929. The first-order valence-corrected chi connectivity index (χ1v) is 6.57. The predicted octanol–water partition coefficient (Wildman–Crippen LogP) is 2.47. The lowest BCUT2D eigenvalue weighted by Gasteiger charge is -2.07. The highest BCUT2D eigenvalue weighted by Gasteiger charge is 2.03. The maximum absolute atomic E-state index is 11.8. The maximum atomic E-state index is 11.8. The number of ether oxygens (including phenoxy) is 1. The summed E-state index contributed by atoms with van der Waals surface area (Å²) >= 11 is 0. The van der Waals surface area contributed by atoms with Crippen molar-refractivity contribution in [2.75, 3.05) is 18.9 Å². The van der Waals surface area contributed by atoms with Crippen molar-refractivity contribution in [3.05, 3.63) is 60.2 Å². The molecule has 3 N–H and O–H groups in total. The first kappa shape index (κ1) is 13.9. The summed E-state index contributed by atoms with van der Waals surface area (Å²) in [5, 5.41) is 2.84. The van der Waals surface area contributed by atoms with E-state index in [1.54, 1.807) is 24.3 Å². The van der Waals surface area contributed by atoms with Crippen LogP contribution in [0.4, 0.5) is 5.69 Å². The third-order valence-corrected chi connectivity index (χ3v) is 2.79. The van der Waals surface area contributed by atoms with E-state index < -0.39 is 0 Å². The Morgan fingerprint density at radius 2 is 1.75 bits per heavy atom. The normalized spacial score (nSPS) is 10.0. The molecule has 0 aromatic heterocycles. The van der Waals surface area contributed by atoms with Gasteiger partial charge in [-0.25, -0.2) is 0 Å². The second-order valence-electron chi connectivity index (χ2n) is 4.39. The van der Waals surface area contributed by atoms with Gasteiger partial charge in [0.05, 0.1) is 6.61 Å². The van der Waals surface area contributed by atoms with Gasteiger partial charge >= 0.3 is 0 Å². The zero-order valence-electron chi connectivity index (χ0n) is 11.2. The van der Waals surface area contributed by atoms with Crippen LogP contribution in [0.25, 0.3) is 0 Å². The molecule has 20 heavy (non-hydrogen) atoms. The average molecular weight is 270 g/mol. The molecule has 2 aromatic carbocycles. The molecular weight excluding hydrogens is 252 g/mol. The Morgan fingerprint density at radius 1 is 1.05 bits per heavy atom. The minimum Gasteiger partial charge on any atom is -0.494 e. The van der Waals surface area contributed by atoms with E-state index in [2.05, 4.69) is 5.32 Å². The summed E-state index contributed by atoms with van der Waals surface area (Å²) in [6, 6.07) is 16.5. The smallest absolute Gasteiger partial charge is 0.251 e. The van der Waals surface area contributed by atoms with E-state index in [1.807, 2.05) is 30.3 Å². The molecular formula is C16H18N2O2. The Morgan fingerprint density at radius 3 is 2.45 bits per heavy atom. The van der Waals surface area contributed by atoms with Crippen molar-refractivity contribution in [2.24, 2.45) is 0 Å². The highest BCUT2D eigenvalue weighted by Crippen LogP contribution is 2.08. The van der Waals surface area contributed by atoms with Crippen molar-refractivity contribution in [3.63, 3.8) is 0 Å². The number of hydrogen-bond donors (Lipinski definition) is 2. The van der Waals surface area contributed by atoms with Gasteiger partial charge in [0.2, 0.25) is 0 Å². The summed E-state index contributed by atoms with van der Waals surface area (Å²) in [7, 11) is 0. The molecule has 0 aliphatic rings. The van der Waals surface area contributed by atoms with E-state index in [1.165, 1.54) is 0 Å². The summed E-state index contributed by atoms with van der Waals surface area (Å²) < 4.78 is 5.54. The fourth-order valence-corrected chi connectivity index (χ4v) is 1.72. The Hall–Kier alpha value is -2.49. The first-order chi connectivity index (χ1) is 9.75. The van der Waals surface area contributed by atoms with E-state index in [9.17, 15) is 4.79 Å². The lowest BCUT2D eigenvalue weighted by atomic mass is 10.2. The fourth-order valence-electron chi connectivity index (χ4n) is 1.72. The number of carbonyl (C=O) groups is 1. The third kappa shape index (κ3) is 4.31. The first-order valence-electron chi connectivity index (χ1n) is 6.57. The molecule has 0 aliphatic carbocycles. The number of benzene rings is 2. The highest BCUT2D eigenvalue weighted by atomic mass is 16.5. The maximum Gasteiger partial charge on any atom is 0.251 e. The number of anilines is 1. The molecule has 0 aliphatic heterocycles. The molecule has 0 saturated heterocycles. The van der Waals surface area contributed by atoms with Crippen LogP contribution in [0, 0.1) is 0 Å². The van der Waals surface area contributed by atoms with Crippen molar-refractivity contribution < 1.29 is 9.53 Å². The molecule has 0 spiro atoms. The van der Waals surface area contributed by atoms with Gasteiger partial charge in [0, 0.05) is 17.8 Å². The summed E-state index contributed by atoms with van der Waals surface area (Å²) in [5.74, 6) is 0.752. The van der Waals surface area contributed by atoms with Crippen molar-refractivity contribution in [1.82, 2.24) is 5.32 Å². The summed E-state index contributed by atoms with van der Waals surface area (Å²) in [5.41, 5.74) is 6.84. The molecule has 0 radical (unpaired) electrons. The second kappa shape index (κ2) is 7.19. The predicted molar refractivity (Wildman–Crippen MR) is 79.7 cm³/mol. The molecule has 0 saturated carbocycles. The van der Waals surface area contributed by atoms with Crippen LogP contribution in [0.1, 0.15) is 16.8 Å². The second-order valence-corrected chi connectivity index (χ2v) is 4.39. The van der Waals surface area contributed by atoms with Gasteiger partial charge in [-0.2, -0.15) is 0 Å². The van der Waals surface area contributed by atoms with E-state index >= 15 is 0 Å². The van der Waals surface area contributed by atoms with Crippen LogP contribution in [-0.4, -0.2) is 19.1 Å². The quantitative estimate of drug-likeness (QED) is 0.626. The number of hydrogen-bond acceptors (Lipinski definition) is 3. The van der Waals surface area contributed by atoms with E-state index in [-0.39, 0.29) is 5.91 Å². The van der Waals surface area contributed by atoms with Crippen molar-refractivity contribution in [1.29, 1.82) is 0 Å². The number of amides is 1. The summed E-state index contributed by atoms with van der Waals surface area (Å²) in [6.07, 6.45) is 0.760. The topological polar surface area (TPSA) is 64.4 Å². The number of nitrogens with two attached hydrogens (primary N) is 1. The van der Waals surface area contributed by atoms with Crippen LogP contribution in [0.3, 0.4) is 0 Å². The molecule has 2 aromatic rings. The number of nitrogen functional groups attached to an aromatic ring is 1. The zero-order chi connectivity index (χ0) is 14.2. The van der Waals surface area contributed by atoms with Gasteiger partial charge in [0.15, 0.2) is 0 Å². The van der Waals surface area contributed by atoms with E-state index in [0.717, 1.165) is 12.2 Å². The Bertz CT molecular complexity index is 538. The van der Waals surface area contributed by atoms with Crippen LogP contribution in [0.2, 0.25) is 0 Å². The third-order valence-electron chi connectivity index (χ3n) is 2.79. The Balaban J connectivity index is 1.66. The van der Waals surface area contributed by atoms with Gasteiger partial charge < -0.3 is 15.8 Å². The van der Waals surface area contributed by atoms with Gasteiger partial charge in [-0.05, 0) is 42.8 Å². The Labute approximate surface area is 118 Å². The van der Waals surface area contributed by atoms with E-state index in [0.29, 0.717) is 24.4 Å². The van der Waals surface area contributed by atoms with Crippen LogP contribution in [0.15, 0.2) is 54.6 Å². The molecule has 0 fully saturated rings. The average Bonchev–Trinajstić information content (AvgIpc) is 2.48. The van der Waals surface area contributed by atoms with Gasteiger partial charge in [-0.3, -0.25) is 4.79 Å². The zero-order valence-corrected chi connectivity index (χ0v) is 11.2. The molecule has 0 bridgehead atoms. The fraction of sp³-hybridized carbons (Fsp3) is 0.188. The Kier molecular flexibility index (Phi) is 5.00. The standard InChI is InChI=1S/C16H18N2O2/c17-14-9-7-13(8-10-14)16(19)18-11-4-12-20-15-5-2-1-3-6-15/h1-3,5-10H,4,11-12,17H2,(H,18,19). The summed E-state index contributed by atoms with van der Waals surface area (Å²) in [4.78, 5) is 11.8. The molecule has 2 rings (SSSR count). The van der Waals surface area contributed by atoms with Crippen molar-refractivity contribution in [2.45, 2.75) is 6.42 Å². The number of nitrogens with one attached hydrogen (secondary N) is 1. The van der Waals surface area contributed by atoms with Crippen molar-refractivity contribution in [3.8, 4) is 5.75 Å². The molecule has 0 heterocycles. The number of rotatable bonds is 6.